The second kappa shape index (κ2) is 3.74. The Balaban J connectivity index is 2.17. The fourth-order valence-electron chi connectivity index (χ4n) is 2.16. The summed E-state index contributed by atoms with van der Waals surface area (Å²) < 4.78 is 6.11. The second-order valence-corrected chi connectivity index (χ2v) is 9.66. The highest BCUT2D eigenvalue weighted by Gasteiger charge is 2.33. The van der Waals surface area contributed by atoms with E-state index >= 15 is 0 Å². The van der Waals surface area contributed by atoms with Gasteiger partial charge in [0, 0.05) is 0 Å². The molecule has 82 valence electrons. The molecule has 0 unspecified atom stereocenters. The van der Waals surface area contributed by atoms with Crippen molar-refractivity contribution in [2.45, 2.75) is 38.2 Å². The van der Waals surface area contributed by atoms with Crippen LogP contribution >= 0.6 is 0 Å². The lowest BCUT2D eigenvalue weighted by atomic mass is 10.1. The predicted molar refractivity (Wildman–Crippen MR) is 65.3 cm³/mol. The van der Waals surface area contributed by atoms with Crippen molar-refractivity contribution in [2.24, 2.45) is 5.73 Å². The molecule has 1 aliphatic carbocycles. The molecule has 0 fully saturated rings. The lowest BCUT2D eigenvalue weighted by molar-refractivity contribution is 0.177. The van der Waals surface area contributed by atoms with E-state index in [4.69, 9.17) is 10.2 Å². The monoisotopic (exact) mass is 221 g/mol. The quantitative estimate of drug-likeness (QED) is 0.779. The molecule has 1 aromatic carbocycles. The molecule has 0 saturated carbocycles. The standard InChI is InChI=1S/C12H19NOSi/c1-15(2,3)14-11-8-9-6-4-5-7-10(9)12(11)13/h4-7,11-12H,8,13H2,1-3H3/t11-,12+/m1/s1. The largest absolute Gasteiger partial charge is 0.412 e. The van der Waals surface area contributed by atoms with Gasteiger partial charge in [0.05, 0.1) is 12.1 Å². The van der Waals surface area contributed by atoms with Crippen LogP contribution in [-0.2, 0) is 10.8 Å². The van der Waals surface area contributed by atoms with Crippen LogP contribution in [0.15, 0.2) is 24.3 Å². The van der Waals surface area contributed by atoms with Crippen molar-refractivity contribution in [1.82, 2.24) is 0 Å². The number of hydrogen-bond donors (Lipinski definition) is 1. The Morgan fingerprint density at radius 2 is 1.93 bits per heavy atom. The summed E-state index contributed by atoms with van der Waals surface area (Å²) in [4.78, 5) is 0. The normalized spacial score (nSPS) is 25.3. The van der Waals surface area contributed by atoms with Crippen LogP contribution < -0.4 is 5.73 Å². The van der Waals surface area contributed by atoms with E-state index in [2.05, 4.69) is 43.9 Å². The summed E-state index contributed by atoms with van der Waals surface area (Å²) >= 11 is 0. The number of benzene rings is 1. The van der Waals surface area contributed by atoms with Crippen LogP contribution in [0.1, 0.15) is 17.2 Å². The molecule has 2 atom stereocenters. The van der Waals surface area contributed by atoms with Gasteiger partial charge in [-0.3, -0.25) is 0 Å². The fraction of sp³-hybridized carbons (Fsp3) is 0.500. The van der Waals surface area contributed by atoms with Crippen LogP contribution in [0.4, 0.5) is 0 Å². The summed E-state index contributed by atoms with van der Waals surface area (Å²) in [5.74, 6) is 0. The maximum Gasteiger partial charge on any atom is 0.184 e. The lowest BCUT2D eigenvalue weighted by Crippen LogP contribution is -2.36. The molecule has 15 heavy (non-hydrogen) atoms. The van der Waals surface area contributed by atoms with Crippen molar-refractivity contribution in [3.8, 4) is 0 Å². The van der Waals surface area contributed by atoms with E-state index in [1.807, 2.05) is 0 Å². The third-order valence-corrected chi connectivity index (χ3v) is 3.75. The molecule has 0 aromatic heterocycles. The first-order valence-electron chi connectivity index (χ1n) is 5.48. The fourth-order valence-corrected chi connectivity index (χ4v) is 3.30. The molecule has 1 aliphatic rings. The summed E-state index contributed by atoms with van der Waals surface area (Å²) in [6.45, 7) is 6.63. The van der Waals surface area contributed by atoms with E-state index < -0.39 is 8.32 Å². The van der Waals surface area contributed by atoms with Crippen LogP contribution in [-0.4, -0.2) is 14.4 Å². The van der Waals surface area contributed by atoms with Gasteiger partial charge in [0.1, 0.15) is 0 Å². The Morgan fingerprint density at radius 3 is 2.53 bits per heavy atom. The Labute approximate surface area is 92.6 Å². The van der Waals surface area contributed by atoms with Gasteiger partial charge < -0.3 is 10.2 Å². The Bertz CT molecular complexity index is 359. The van der Waals surface area contributed by atoms with E-state index in [0.29, 0.717) is 0 Å². The van der Waals surface area contributed by atoms with Crippen LogP contribution in [0.3, 0.4) is 0 Å². The van der Waals surface area contributed by atoms with Gasteiger partial charge in [-0.05, 0) is 37.2 Å². The molecule has 2 rings (SSSR count). The second-order valence-electron chi connectivity index (χ2n) is 5.20. The van der Waals surface area contributed by atoms with E-state index in [-0.39, 0.29) is 12.1 Å². The van der Waals surface area contributed by atoms with E-state index in [0.717, 1.165) is 6.42 Å². The summed E-state index contributed by atoms with van der Waals surface area (Å²) in [5, 5.41) is 0. The highest BCUT2D eigenvalue weighted by Crippen LogP contribution is 2.32. The maximum atomic E-state index is 6.20. The average molecular weight is 221 g/mol. The topological polar surface area (TPSA) is 35.2 Å². The molecule has 0 saturated heterocycles. The van der Waals surface area contributed by atoms with E-state index in [1.54, 1.807) is 0 Å². The van der Waals surface area contributed by atoms with Crippen LogP contribution in [0.2, 0.25) is 19.6 Å². The van der Waals surface area contributed by atoms with Crippen molar-refractivity contribution in [2.75, 3.05) is 0 Å². The zero-order valence-electron chi connectivity index (χ0n) is 9.66. The zero-order valence-corrected chi connectivity index (χ0v) is 10.7. The SMILES string of the molecule is C[Si](C)(C)O[C@@H]1Cc2ccccc2[C@@H]1N. The molecule has 0 amide bonds. The van der Waals surface area contributed by atoms with Crippen molar-refractivity contribution >= 4 is 8.32 Å². The molecule has 0 radical (unpaired) electrons. The first-order chi connectivity index (χ1) is 6.97. The average Bonchev–Trinajstić information content (AvgIpc) is 2.42. The van der Waals surface area contributed by atoms with E-state index in [1.165, 1.54) is 11.1 Å². The summed E-state index contributed by atoms with van der Waals surface area (Å²) in [6, 6.07) is 8.46. The molecule has 2 nitrogen and oxygen atoms in total. The maximum absolute atomic E-state index is 6.20. The van der Waals surface area contributed by atoms with Crippen LogP contribution in [0.5, 0.6) is 0 Å². The van der Waals surface area contributed by atoms with Gasteiger partial charge in [-0.1, -0.05) is 24.3 Å². The van der Waals surface area contributed by atoms with Crippen LogP contribution in [0, 0.1) is 0 Å². The van der Waals surface area contributed by atoms with Gasteiger partial charge in [0.15, 0.2) is 8.32 Å². The molecule has 0 spiro atoms. The Morgan fingerprint density at radius 1 is 1.27 bits per heavy atom. The minimum Gasteiger partial charge on any atom is -0.412 e. The smallest absolute Gasteiger partial charge is 0.184 e. The predicted octanol–water partition coefficient (Wildman–Crippen LogP) is 2.46. The Hall–Kier alpha value is -0.643. The minimum atomic E-state index is -1.48. The molecule has 1 aromatic rings. The summed E-state index contributed by atoms with van der Waals surface area (Å²) in [7, 11) is -1.48. The number of rotatable bonds is 2. The highest BCUT2D eigenvalue weighted by atomic mass is 28.4. The molecule has 2 N–H and O–H groups in total. The van der Waals surface area contributed by atoms with Crippen molar-refractivity contribution < 1.29 is 4.43 Å². The zero-order chi connectivity index (χ0) is 11.1. The van der Waals surface area contributed by atoms with Gasteiger partial charge in [-0.25, -0.2) is 0 Å². The number of nitrogens with two attached hydrogens (primary N) is 1. The summed E-state index contributed by atoms with van der Waals surface area (Å²) in [6.07, 6.45) is 1.16. The number of fused-ring (bicyclic) bond motifs is 1. The molecule has 0 bridgehead atoms. The first kappa shape index (κ1) is 10.9. The van der Waals surface area contributed by atoms with Crippen LogP contribution in [0.25, 0.3) is 0 Å². The van der Waals surface area contributed by atoms with Crippen molar-refractivity contribution in [3.63, 3.8) is 0 Å². The summed E-state index contributed by atoms with van der Waals surface area (Å²) in [5.41, 5.74) is 8.81. The molecule has 0 aliphatic heterocycles. The first-order valence-corrected chi connectivity index (χ1v) is 8.89. The van der Waals surface area contributed by atoms with Gasteiger partial charge in [0.25, 0.3) is 0 Å². The molecule has 3 heteroatoms. The van der Waals surface area contributed by atoms with Crippen molar-refractivity contribution in [1.29, 1.82) is 0 Å². The van der Waals surface area contributed by atoms with Gasteiger partial charge >= 0.3 is 0 Å². The number of hydrogen-bond acceptors (Lipinski definition) is 2. The highest BCUT2D eigenvalue weighted by molar-refractivity contribution is 6.69. The van der Waals surface area contributed by atoms with Gasteiger partial charge in [-0.15, -0.1) is 0 Å². The molecule has 0 heterocycles. The minimum absolute atomic E-state index is 0.0629. The van der Waals surface area contributed by atoms with Gasteiger partial charge in [-0.2, -0.15) is 0 Å². The van der Waals surface area contributed by atoms with E-state index in [9.17, 15) is 0 Å². The Kier molecular flexibility index (Phi) is 2.71. The molecular formula is C12H19NOSi. The lowest BCUT2D eigenvalue weighted by Gasteiger charge is -2.26. The van der Waals surface area contributed by atoms with Crippen molar-refractivity contribution in [3.05, 3.63) is 35.4 Å². The third-order valence-electron chi connectivity index (χ3n) is 2.74. The third kappa shape index (κ3) is 2.30. The molecular weight excluding hydrogens is 202 g/mol. The van der Waals surface area contributed by atoms with Gasteiger partial charge in [0.2, 0.25) is 0 Å².